The van der Waals surface area contributed by atoms with Crippen LogP contribution in [-0.4, -0.2) is 38.3 Å². The van der Waals surface area contributed by atoms with Gasteiger partial charge in [-0.25, -0.2) is 18.3 Å². The van der Waals surface area contributed by atoms with E-state index in [4.69, 9.17) is 15.0 Å². The van der Waals surface area contributed by atoms with Gasteiger partial charge in [-0.2, -0.15) is 5.10 Å². The second-order valence-electron chi connectivity index (χ2n) is 13.2. The van der Waals surface area contributed by atoms with E-state index in [0.717, 1.165) is 37.1 Å². The fourth-order valence-electron chi connectivity index (χ4n) is 6.34. The van der Waals surface area contributed by atoms with Crippen LogP contribution in [0.5, 0.6) is 0 Å². The number of ketones is 1. The highest BCUT2D eigenvalue weighted by Gasteiger charge is 2.66. The van der Waals surface area contributed by atoms with Gasteiger partial charge in [-0.05, 0) is 71.4 Å². The van der Waals surface area contributed by atoms with Crippen LogP contribution in [0.3, 0.4) is 0 Å². The SMILES string of the molecule is CC(C)n1nc(-c2cc(F)c(CC(=O)Cc3cc(C45CC(C)(C4)C5)no3)c(F)c2)c(C(N)=O)c1NC(=O)OC(C)(C)C. The molecule has 0 radical (unpaired) electrons. The maximum absolute atomic E-state index is 15.3. The number of primary amides is 1. The summed E-state index contributed by atoms with van der Waals surface area (Å²) in [4.78, 5) is 37.8. The number of benzene rings is 1. The number of aromatic nitrogens is 3. The zero-order valence-corrected chi connectivity index (χ0v) is 24.6. The molecule has 2 aromatic heterocycles. The standard InChI is InChI=1S/C30H35F2N5O5/c1-15(2)37-26(34-27(40)41-28(3,4)5)23(25(33)39)24(35-37)16-7-20(31)19(21(32)8-16)10-17(38)9-18-11-22(36-42-18)30-12-29(6,13-30)14-30/h7-8,11,15H,9-10,12-14H2,1-6H3,(H2,33,39)(H,34,40). The van der Waals surface area contributed by atoms with Gasteiger partial charge < -0.3 is 15.0 Å². The lowest BCUT2D eigenvalue weighted by atomic mass is 9.35. The van der Waals surface area contributed by atoms with Crippen molar-refractivity contribution in [2.75, 3.05) is 5.32 Å². The molecule has 3 aliphatic carbocycles. The predicted molar refractivity (Wildman–Crippen MR) is 149 cm³/mol. The van der Waals surface area contributed by atoms with Crippen LogP contribution in [0.15, 0.2) is 22.7 Å². The van der Waals surface area contributed by atoms with Gasteiger partial charge in [0.2, 0.25) is 0 Å². The van der Waals surface area contributed by atoms with E-state index in [1.807, 2.05) is 0 Å². The van der Waals surface area contributed by atoms with Crippen molar-refractivity contribution in [3.63, 3.8) is 0 Å². The maximum Gasteiger partial charge on any atom is 0.413 e. The lowest BCUT2D eigenvalue weighted by Gasteiger charge is -2.68. The Morgan fingerprint density at radius 2 is 1.74 bits per heavy atom. The molecular weight excluding hydrogens is 548 g/mol. The quantitative estimate of drug-likeness (QED) is 0.332. The van der Waals surface area contributed by atoms with E-state index in [2.05, 4.69) is 22.5 Å². The van der Waals surface area contributed by atoms with E-state index < -0.39 is 47.0 Å². The molecule has 224 valence electrons. The summed E-state index contributed by atoms with van der Waals surface area (Å²) in [6.45, 7) is 10.7. The number of hydrogen-bond donors (Lipinski definition) is 2. The van der Waals surface area contributed by atoms with Crippen LogP contribution < -0.4 is 11.1 Å². The molecule has 2 heterocycles. The molecule has 3 N–H and O–H groups in total. The summed E-state index contributed by atoms with van der Waals surface area (Å²) in [5.74, 6) is -3.11. The number of rotatable bonds is 9. The van der Waals surface area contributed by atoms with Crippen LogP contribution in [0.25, 0.3) is 11.3 Å². The average molecular weight is 584 g/mol. The molecule has 12 heteroatoms. The fourth-order valence-corrected chi connectivity index (χ4v) is 6.34. The highest BCUT2D eigenvalue weighted by Crippen LogP contribution is 2.73. The Labute approximate surface area is 241 Å². The van der Waals surface area contributed by atoms with Gasteiger partial charge in [0.05, 0.1) is 12.1 Å². The van der Waals surface area contributed by atoms with E-state index in [0.29, 0.717) is 11.2 Å². The average Bonchev–Trinajstić information content (AvgIpc) is 3.42. The van der Waals surface area contributed by atoms with E-state index in [1.54, 1.807) is 40.7 Å². The Morgan fingerprint density at radius 3 is 2.26 bits per heavy atom. The minimum absolute atomic E-state index is 0.0439. The Balaban J connectivity index is 1.37. The number of ether oxygens (including phenoxy) is 1. The minimum atomic E-state index is -0.991. The van der Waals surface area contributed by atoms with Crippen molar-refractivity contribution in [1.82, 2.24) is 14.9 Å². The molecule has 0 unspecified atom stereocenters. The number of hydrogen-bond acceptors (Lipinski definition) is 7. The van der Waals surface area contributed by atoms with Gasteiger partial charge in [0, 0.05) is 35.1 Å². The van der Waals surface area contributed by atoms with Crippen molar-refractivity contribution >= 4 is 23.6 Å². The number of carbonyl (C=O) groups excluding carboxylic acids is 3. The van der Waals surface area contributed by atoms with Gasteiger partial charge in [-0.3, -0.25) is 14.9 Å². The lowest BCUT2D eigenvalue weighted by Crippen LogP contribution is -2.63. The van der Waals surface area contributed by atoms with Crippen molar-refractivity contribution in [2.45, 2.75) is 90.7 Å². The van der Waals surface area contributed by atoms with Crippen LogP contribution in [0.2, 0.25) is 0 Å². The predicted octanol–water partition coefficient (Wildman–Crippen LogP) is 5.64. The first-order valence-electron chi connectivity index (χ1n) is 13.9. The largest absolute Gasteiger partial charge is 0.444 e. The molecule has 3 fully saturated rings. The summed E-state index contributed by atoms with van der Waals surface area (Å²) in [6, 6.07) is 3.37. The van der Waals surface area contributed by atoms with Crippen LogP contribution in [0.4, 0.5) is 19.4 Å². The summed E-state index contributed by atoms with van der Waals surface area (Å²) in [7, 11) is 0. The molecule has 3 aromatic rings. The highest BCUT2D eigenvalue weighted by molar-refractivity contribution is 6.06. The summed E-state index contributed by atoms with van der Waals surface area (Å²) in [5, 5.41) is 11.0. The molecule has 3 saturated carbocycles. The number of Topliss-reactive ketones (excluding diaryl/α,β-unsaturated/α-hetero) is 1. The Hall–Kier alpha value is -4.09. The molecular formula is C30H35F2N5O5. The highest BCUT2D eigenvalue weighted by atomic mass is 19.1. The second-order valence-corrected chi connectivity index (χ2v) is 13.2. The minimum Gasteiger partial charge on any atom is -0.444 e. The van der Waals surface area contributed by atoms with Crippen LogP contribution in [-0.2, 0) is 27.8 Å². The second kappa shape index (κ2) is 10.0. The Morgan fingerprint density at radius 1 is 1.12 bits per heavy atom. The number of anilines is 1. The third kappa shape index (κ3) is 5.41. The molecule has 10 nitrogen and oxygen atoms in total. The lowest BCUT2D eigenvalue weighted by molar-refractivity contribution is -0.129. The van der Waals surface area contributed by atoms with Crippen molar-refractivity contribution < 1.29 is 32.4 Å². The van der Waals surface area contributed by atoms with E-state index in [9.17, 15) is 14.4 Å². The summed E-state index contributed by atoms with van der Waals surface area (Å²) < 4.78 is 42.5. The molecule has 0 spiro atoms. The van der Waals surface area contributed by atoms with Crippen molar-refractivity contribution in [3.8, 4) is 11.3 Å². The summed E-state index contributed by atoms with van der Waals surface area (Å²) >= 11 is 0. The van der Waals surface area contributed by atoms with Gasteiger partial charge in [0.25, 0.3) is 5.91 Å². The van der Waals surface area contributed by atoms with Crippen LogP contribution in [0, 0.1) is 17.0 Å². The normalized spacial score (nSPS) is 21.1. The number of halogens is 2. The molecule has 0 atom stereocenters. The molecule has 0 aliphatic heterocycles. The summed E-state index contributed by atoms with van der Waals surface area (Å²) in [5.41, 5.74) is 5.19. The molecule has 0 saturated heterocycles. The van der Waals surface area contributed by atoms with Crippen LogP contribution in [0.1, 0.15) is 94.2 Å². The maximum atomic E-state index is 15.3. The third-order valence-electron chi connectivity index (χ3n) is 7.82. The van der Waals surface area contributed by atoms with Crippen LogP contribution >= 0.6 is 0 Å². The zero-order valence-electron chi connectivity index (χ0n) is 24.6. The van der Waals surface area contributed by atoms with Crippen molar-refractivity contribution in [2.24, 2.45) is 11.1 Å². The van der Waals surface area contributed by atoms with E-state index in [-0.39, 0.29) is 40.5 Å². The zero-order chi connectivity index (χ0) is 30.8. The smallest absolute Gasteiger partial charge is 0.413 e. The number of nitrogens with zero attached hydrogens (tertiary/aromatic N) is 3. The Kier molecular flexibility index (Phi) is 7.02. The van der Waals surface area contributed by atoms with Gasteiger partial charge in [-0.15, -0.1) is 0 Å². The topological polar surface area (TPSA) is 142 Å². The van der Waals surface area contributed by atoms with Gasteiger partial charge >= 0.3 is 6.09 Å². The van der Waals surface area contributed by atoms with E-state index in [1.165, 1.54) is 4.68 Å². The van der Waals surface area contributed by atoms with Gasteiger partial charge in [0.1, 0.15) is 45.9 Å². The monoisotopic (exact) mass is 583 g/mol. The molecule has 2 amide bonds. The van der Waals surface area contributed by atoms with Gasteiger partial charge in [0.15, 0.2) is 0 Å². The fraction of sp³-hybridized carbons (Fsp3) is 0.500. The first kappa shape index (κ1) is 29.4. The first-order valence-corrected chi connectivity index (χ1v) is 13.9. The number of nitrogens with one attached hydrogen (secondary N) is 1. The van der Waals surface area contributed by atoms with E-state index >= 15 is 8.78 Å². The Bertz CT molecular complexity index is 1560. The van der Waals surface area contributed by atoms with Crippen molar-refractivity contribution in [3.05, 3.63) is 52.4 Å². The molecule has 6 rings (SSSR count). The molecule has 1 aromatic carbocycles. The first-order chi connectivity index (χ1) is 19.5. The van der Waals surface area contributed by atoms with Crippen molar-refractivity contribution in [1.29, 1.82) is 0 Å². The molecule has 2 bridgehead atoms. The summed E-state index contributed by atoms with van der Waals surface area (Å²) in [6.07, 6.45) is 1.63. The van der Waals surface area contributed by atoms with Gasteiger partial charge in [-0.1, -0.05) is 12.1 Å². The number of amides is 2. The number of nitrogens with two attached hydrogens (primary N) is 1. The third-order valence-corrected chi connectivity index (χ3v) is 7.82. The number of carbonyl (C=O) groups is 3. The molecule has 42 heavy (non-hydrogen) atoms. The molecule has 3 aliphatic rings.